The van der Waals surface area contributed by atoms with Crippen molar-refractivity contribution in [2.24, 2.45) is 0 Å². The molecule has 6 nitrogen and oxygen atoms in total. The highest BCUT2D eigenvalue weighted by Gasteiger charge is 2.12. The summed E-state index contributed by atoms with van der Waals surface area (Å²) in [6.45, 7) is 11.1. The zero-order chi connectivity index (χ0) is 37.0. The Bertz CT molecular complexity index is 729. The molecule has 0 heterocycles. The number of rotatable bonds is 42. The summed E-state index contributed by atoms with van der Waals surface area (Å²) in [5, 5.41) is 6.13. The number of nitrogens with one attached hydrogen (secondary N) is 2. The fourth-order valence-corrected chi connectivity index (χ4v) is 6.20. The average Bonchev–Trinajstić information content (AvgIpc) is 3.14. The Kier molecular flexibility index (Phi) is 43.6. The van der Waals surface area contributed by atoms with Crippen LogP contribution in [0.2, 0.25) is 0 Å². The van der Waals surface area contributed by atoms with Crippen LogP contribution in [-0.4, -0.2) is 58.3 Å². The smallest absolute Gasteiger partial charge is 0.407 e. The predicted molar refractivity (Wildman–Crippen MR) is 222 cm³/mol. The van der Waals surface area contributed by atoms with E-state index in [0.29, 0.717) is 32.9 Å². The van der Waals surface area contributed by atoms with Gasteiger partial charge in [0.15, 0.2) is 0 Å². The van der Waals surface area contributed by atoms with E-state index in [2.05, 4.69) is 55.7 Å². The number of hydrogen-bond acceptors (Lipinski definition) is 5. The monoisotopic (exact) mass is 721 g/mol. The highest BCUT2D eigenvalue weighted by Crippen LogP contribution is 2.12. The van der Waals surface area contributed by atoms with E-state index in [0.717, 1.165) is 32.4 Å². The molecule has 0 aliphatic heterocycles. The van der Waals surface area contributed by atoms with Gasteiger partial charge in [0.1, 0.15) is 6.61 Å². The highest BCUT2D eigenvalue weighted by molar-refractivity contribution is 5.67. The lowest BCUT2D eigenvalue weighted by molar-refractivity contribution is -0.0174. The molecule has 302 valence electrons. The molecule has 0 aromatic heterocycles. The largest absolute Gasteiger partial charge is 0.448 e. The Morgan fingerprint density at radius 2 is 0.922 bits per heavy atom. The number of alkyl carbamates (subject to hydrolysis) is 1. The van der Waals surface area contributed by atoms with Crippen molar-refractivity contribution in [3.8, 4) is 0 Å². The number of amides is 1. The molecule has 0 aliphatic carbocycles. The number of unbranched alkanes of at least 4 members (excludes halogenated alkanes) is 24. The van der Waals surface area contributed by atoms with Gasteiger partial charge >= 0.3 is 6.09 Å². The number of carbonyl (C=O) groups excluding carboxylic acids is 1. The summed E-state index contributed by atoms with van der Waals surface area (Å²) in [6, 6.07) is 0. The summed E-state index contributed by atoms with van der Waals surface area (Å²) < 4.78 is 17.5. The lowest BCUT2D eigenvalue weighted by Crippen LogP contribution is -2.37. The molecule has 1 amide bonds. The summed E-state index contributed by atoms with van der Waals surface area (Å²) in [6.07, 6.45) is 46.6. The normalized spacial score (nSPS) is 12.4. The fourth-order valence-electron chi connectivity index (χ4n) is 6.20. The van der Waals surface area contributed by atoms with Gasteiger partial charge in [0.05, 0.1) is 12.7 Å². The molecule has 2 N–H and O–H groups in total. The molecule has 0 rings (SSSR count). The van der Waals surface area contributed by atoms with E-state index in [-0.39, 0.29) is 12.2 Å². The van der Waals surface area contributed by atoms with Gasteiger partial charge in [0, 0.05) is 26.3 Å². The van der Waals surface area contributed by atoms with Gasteiger partial charge in [-0.15, -0.1) is 0 Å². The van der Waals surface area contributed by atoms with E-state index < -0.39 is 0 Å². The van der Waals surface area contributed by atoms with Crippen LogP contribution in [0.25, 0.3) is 0 Å². The van der Waals surface area contributed by atoms with Gasteiger partial charge in [-0.1, -0.05) is 161 Å². The molecule has 0 saturated carbocycles. The minimum atomic E-state index is -0.382. The quantitative estimate of drug-likeness (QED) is 0.0485. The topological polar surface area (TPSA) is 68.8 Å². The molecule has 0 bridgehead atoms. The maximum atomic E-state index is 12.2. The van der Waals surface area contributed by atoms with Crippen LogP contribution in [0.4, 0.5) is 4.79 Å². The third kappa shape index (κ3) is 42.9. The van der Waals surface area contributed by atoms with Gasteiger partial charge in [-0.2, -0.15) is 0 Å². The maximum Gasteiger partial charge on any atom is 0.407 e. The molecule has 0 saturated heterocycles. The van der Waals surface area contributed by atoms with Crippen LogP contribution in [0.3, 0.4) is 0 Å². The lowest BCUT2D eigenvalue weighted by atomic mass is 10.1. The Balaban J connectivity index is 3.97. The summed E-state index contributed by atoms with van der Waals surface area (Å²) in [5.74, 6) is 0. The van der Waals surface area contributed by atoms with E-state index in [4.69, 9.17) is 14.2 Å². The highest BCUT2D eigenvalue weighted by atomic mass is 16.6. The van der Waals surface area contributed by atoms with E-state index >= 15 is 0 Å². The summed E-state index contributed by atoms with van der Waals surface area (Å²) in [5.41, 5.74) is 0. The van der Waals surface area contributed by atoms with Crippen LogP contribution in [-0.2, 0) is 14.2 Å². The van der Waals surface area contributed by atoms with Gasteiger partial charge < -0.3 is 24.8 Å². The zero-order valence-electron chi connectivity index (χ0n) is 34.5. The standard InChI is InChI=1S/C45H88N2O4/c1-4-7-9-11-13-15-17-19-21-23-25-27-29-31-33-35-39-49-43-44(42-47-45(48)51-41-38-46-37-6-3)50-40-36-34-32-30-28-26-24-22-20-18-16-14-12-10-8-5-2/h19-22,44,46H,4-18,23-43H2,1-3H3,(H,47,48)/b21-19-,22-20-. The van der Waals surface area contributed by atoms with Crippen molar-refractivity contribution in [2.75, 3.05) is 46.1 Å². The first-order valence-corrected chi connectivity index (χ1v) is 22.3. The lowest BCUT2D eigenvalue weighted by Gasteiger charge is -2.19. The van der Waals surface area contributed by atoms with Crippen molar-refractivity contribution in [2.45, 2.75) is 213 Å². The molecule has 0 fully saturated rings. The average molecular weight is 721 g/mol. The van der Waals surface area contributed by atoms with E-state index in [1.54, 1.807) is 0 Å². The first kappa shape index (κ1) is 49.6. The van der Waals surface area contributed by atoms with Gasteiger partial charge in [0.25, 0.3) is 0 Å². The van der Waals surface area contributed by atoms with Crippen LogP contribution >= 0.6 is 0 Å². The summed E-state index contributed by atoms with van der Waals surface area (Å²) in [7, 11) is 0. The second-order valence-corrected chi connectivity index (χ2v) is 14.7. The Labute approximate surface area is 318 Å². The van der Waals surface area contributed by atoms with Crippen LogP contribution < -0.4 is 10.6 Å². The van der Waals surface area contributed by atoms with Crippen molar-refractivity contribution in [1.82, 2.24) is 10.6 Å². The third-order valence-electron chi connectivity index (χ3n) is 9.53. The summed E-state index contributed by atoms with van der Waals surface area (Å²) >= 11 is 0. The van der Waals surface area contributed by atoms with Crippen LogP contribution in [0.15, 0.2) is 24.3 Å². The molecule has 51 heavy (non-hydrogen) atoms. The van der Waals surface area contributed by atoms with E-state index in [1.165, 1.54) is 167 Å². The number of ether oxygens (including phenoxy) is 3. The first-order valence-electron chi connectivity index (χ1n) is 22.3. The number of hydrogen-bond donors (Lipinski definition) is 2. The second-order valence-electron chi connectivity index (χ2n) is 14.7. The SMILES string of the molecule is CCCCCCCC/C=C\CCCCCCCCOCC(CNC(=O)OCCNCCC)OCCCCCCCC/C=C\CCCCCCCC. The Hall–Kier alpha value is -1.37. The minimum Gasteiger partial charge on any atom is -0.448 e. The molecule has 1 atom stereocenters. The Morgan fingerprint density at radius 3 is 1.39 bits per heavy atom. The Morgan fingerprint density at radius 1 is 0.490 bits per heavy atom. The number of carbonyl (C=O) groups is 1. The molecule has 0 aromatic carbocycles. The molecule has 0 spiro atoms. The molecule has 0 aromatic rings. The van der Waals surface area contributed by atoms with Crippen molar-refractivity contribution in [1.29, 1.82) is 0 Å². The molecular formula is C45H88N2O4. The van der Waals surface area contributed by atoms with Crippen molar-refractivity contribution in [3.05, 3.63) is 24.3 Å². The van der Waals surface area contributed by atoms with E-state index in [9.17, 15) is 4.79 Å². The van der Waals surface area contributed by atoms with Gasteiger partial charge in [-0.3, -0.25) is 0 Å². The van der Waals surface area contributed by atoms with Crippen LogP contribution in [0.5, 0.6) is 0 Å². The molecular weight excluding hydrogens is 633 g/mol. The molecule has 1 unspecified atom stereocenters. The van der Waals surface area contributed by atoms with Crippen molar-refractivity contribution < 1.29 is 19.0 Å². The second kappa shape index (κ2) is 44.8. The number of allylic oxidation sites excluding steroid dienone is 4. The zero-order valence-corrected chi connectivity index (χ0v) is 34.5. The van der Waals surface area contributed by atoms with E-state index in [1.807, 2.05) is 0 Å². The maximum absolute atomic E-state index is 12.2. The molecule has 6 heteroatoms. The van der Waals surface area contributed by atoms with Crippen molar-refractivity contribution in [3.63, 3.8) is 0 Å². The van der Waals surface area contributed by atoms with Gasteiger partial charge in [-0.05, 0) is 77.2 Å². The minimum absolute atomic E-state index is 0.145. The predicted octanol–water partition coefficient (Wildman–Crippen LogP) is 13.2. The van der Waals surface area contributed by atoms with Gasteiger partial charge in [0.2, 0.25) is 0 Å². The summed E-state index contributed by atoms with van der Waals surface area (Å²) in [4.78, 5) is 12.2. The fraction of sp³-hybridized carbons (Fsp3) is 0.889. The van der Waals surface area contributed by atoms with Gasteiger partial charge in [-0.25, -0.2) is 4.79 Å². The third-order valence-corrected chi connectivity index (χ3v) is 9.53. The first-order chi connectivity index (χ1) is 25.2. The van der Waals surface area contributed by atoms with Crippen LogP contribution in [0, 0.1) is 0 Å². The molecule has 0 aliphatic rings. The van der Waals surface area contributed by atoms with Crippen molar-refractivity contribution >= 4 is 6.09 Å². The molecule has 0 radical (unpaired) electrons. The van der Waals surface area contributed by atoms with Crippen LogP contribution in [0.1, 0.15) is 207 Å².